The van der Waals surface area contributed by atoms with E-state index in [0.29, 0.717) is 42.1 Å². The molecular weight excluding hydrogens is 404 g/mol. The van der Waals surface area contributed by atoms with Gasteiger partial charge in [-0.2, -0.15) is 0 Å². The van der Waals surface area contributed by atoms with Crippen LogP contribution >= 0.6 is 0 Å². The predicted molar refractivity (Wildman–Crippen MR) is 118 cm³/mol. The van der Waals surface area contributed by atoms with Gasteiger partial charge in [-0.05, 0) is 49.2 Å². The zero-order chi connectivity index (χ0) is 21.7. The third-order valence-electron chi connectivity index (χ3n) is 4.79. The van der Waals surface area contributed by atoms with Gasteiger partial charge in [-0.25, -0.2) is 8.42 Å². The number of hydrogen-bond acceptors (Lipinski definition) is 5. The molecule has 1 aliphatic heterocycles. The Morgan fingerprint density at radius 1 is 1.27 bits per heavy atom. The monoisotopic (exact) mass is 430 g/mol. The van der Waals surface area contributed by atoms with Crippen LogP contribution in [0, 0.1) is 5.41 Å². The van der Waals surface area contributed by atoms with Gasteiger partial charge in [0.05, 0.1) is 11.4 Å². The molecule has 1 amide bonds. The minimum absolute atomic E-state index is 0.0722. The summed E-state index contributed by atoms with van der Waals surface area (Å²) < 4.78 is 31.3. The van der Waals surface area contributed by atoms with Crippen LogP contribution in [0.15, 0.2) is 48.5 Å². The summed E-state index contributed by atoms with van der Waals surface area (Å²) >= 11 is 0. The molecule has 8 nitrogen and oxygen atoms in total. The molecule has 1 heterocycles. The van der Waals surface area contributed by atoms with Crippen molar-refractivity contribution in [2.45, 2.75) is 32.3 Å². The van der Waals surface area contributed by atoms with Gasteiger partial charge in [0, 0.05) is 17.8 Å². The molecule has 0 saturated carbocycles. The van der Waals surface area contributed by atoms with E-state index in [-0.39, 0.29) is 17.5 Å². The molecule has 0 aliphatic carbocycles. The van der Waals surface area contributed by atoms with Crippen molar-refractivity contribution < 1.29 is 17.9 Å². The molecule has 1 aliphatic rings. The van der Waals surface area contributed by atoms with Crippen LogP contribution in [0.4, 0.5) is 11.4 Å². The fourth-order valence-corrected chi connectivity index (χ4v) is 4.83. The smallest absolute Gasteiger partial charge is 0.265 e. The highest BCUT2D eigenvalue weighted by atomic mass is 32.2. The number of hydrogen-bond donors (Lipinski definition) is 3. The summed E-state index contributed by atoms with van der Waals surface area (Å²) in [6.07, 6.45) is 1.16. The maximum Gasteiger partial charge on any atom is 0.265 e. The van der Waals surface area contributed by atoms with E-state index in [9.17, 15) is 13.2 Å². The molecule has 9 heteroatoms. The standard InChI is InChI=1S/C21H26N4O4S/c1-2-5-19(29-18-7-3-6-15(14-18)20(22)23)21(26)24-16-8-10-17(11-9-16)25-12-4-13-30(25,27)28/h3,6-11,14,19H,2,4-5,12-13H2,1H3,(H3,22,23)(H,24,26). The van der Waals surface area contributed by atoms with Gasteiger partial charge in [-0.15, -0.1) is 0 Å². The number of carbonyl (C=O) groups is 1. The molecule has 0 radical (unpaired) electrons. The maximum absolute atomic E-state index is 12.8. The highest BCUT2D eigenvalue weighted by Crippen LogP contribution is 2.25. The molecule has 1 unspecified atom stereocenters. The number of anilines is 2. The van der Waals surface area contributed by atoms with Crippen LogP contribution in [0.2, 0.25) is 0 Å². The number of benzene rings is 2. The van der Waals surface area contributed by atoms with Crippen molar-refractivity contribution in [2.24, 2.45) is 5.73 Å². The lowest BCUT2D eigenvalue weighted by Gasteiger charge is -2.20. The zero-order valence-corrected chi connectivity index (χ0v) is 17.6. The normalized spacial score (nSPS) is 16.1. The Hall–Kier alpha value is -3.07. The fourth-order valence-electron chi connectivity index (χ4n) is 3.27. The van der Waals surface area contributed by atoms with E-state index in [1.54, 1.807) is 48.5 Å². The number of amides is 1. The SMILES string of the molecule is CCCC(Oc1cccc(C(=N)N)c1)C(=O)Nc1ccc(N2CCCS2(=O)=O)cc1. The number of sulfonamides is 1. The summed E-state index contributed by atoms with van der Waals surface area (Å²) in [5.74, 6) is 0.251. The minimum Gasteiger partial charge on any atom is -0.481 e. The maximum atomic E-state index is 12.8. The first-order valence-corrected chi connectivity index (χ1v) is 11.4. The molecule has 160 valence electrons. The molecule has 30 heavy (non-hydrogen) atoms. The minimum atomic E-state index is -3.24. The van der Waals surface area contributed by atoms with Crippen molar-refractivity contribution in [3.63, 3.8) is 0 Å². The van der Waals surface area contributed by atoms with Crippen molar-refractivity contribution >= 4 is 33.1 Å². The van der Waals surface area contributed by atoms with E-state index in [1.165, 1.54) is 4.31 Å². The van der Waals surface area contributed by atoms with Gasteiger partial charge in [-0.3, -0.25) is 14.5 Å². The van der Waals surface area contributed by atoms with Gasteiger partial charge in [0.1, 0.15) is 11.6 Å². The zero-order valence-electron chi connectivity index (χ0n) is 16.8. The highest BCUT2D eigenvalue weighted by molar-refractivity contribution is 7.93. The first-order chi connectivity index (χ1) is 14.3. The summed E-state index contributed by atoms with van der Waals surface area (Å²) in [7, 11) is -3.24. The van der Waals surface area contributed by atoms with E-state index in [0.717, 1.165) is 6.42 Å². The van der Waals surface area contributed by atoms with Crippen molar-refractivity contribution in [2.75, 3.05) is 21.9 Å². The quantitative estimate of drug-likeness (QED) is 0.438. The molecule has 1 fully saturated rings. The number of nitrogens with two attached hydrogens (primary N) is 1. The molecule has 2 aromatic carbocycles. The van der Waals surface area contributed by atoms with Gasteiger partial charge in [-0.1, -0.05) is 25.5 Å². The van der Waals surface area contributed by atoms with E-state index >= 15 is 0 Å². The molecule has 0 aromatic heterocycles. The second-order valence-electron chi connectivity index (χ2n) is 7.11. The highest BCUT2D eigenvalue weighted by Gasteiger charge is 2.28. The number of nitrogens with zero attached hydrogens (tertiary/aromatic N) is 1. The van der Waals surface area contributed by atoms with Crippen molar-refractivity contribution in [3.8, 4) is 5.75 Å². The Kier molecular flexibility index (Phi) is 6.61. The summed E-state index contributed by atoms with van der Waals surface area (Å²) in [4.78, 5) is 12.8. The molecule has 4 N–H and O–H groups in total. The lowest BCUT2D eigenvalue weighted by Crippen LogP contribution is -2.33. The van der Waals surface area contributed by atoms with E-state index in [2.05, 4.69) is 5.32 Å². The summed E-state index contributed by atoms with van der Waals surface area (Å²) in [6.45, 7) is 2.43. The molecule has 3 rings (SSSR count). The van der Waals surface area contributed by atoms with Crippen LogP contribution in [0.25, 0.3) is 0 Å². The van der Waals surface area contributed by atoms with Gasteiger partial charge in [0.15, 0.2) is 6.10 Å². The Balaban J connectivity index is 1.69. The van der Waals surface area contributed by atoms with Crippen molar-refractivity contribution in [1.29, 1.82) is 5.41 Å². The molecule has 0 spiro atoms. The van der Waals surface area contributed by atoms with E-state index < -0.39 is 16.1 Å². The Morgan fingerprint density at radius 3 is 2.60 bits per heavy atom. The summed E-state index contributed by atoms with van der Waals surface area (Å²) in [5.41, 5.74) is 7.19. The Bertz CT molecular complexity index is 1020. The fraction of sp³-hybridized carbons (Fsp3) is 0.333. The summed E-state index contributed by atoms with van der Waals surface area (Å²) in [5, 5.41) is 10.4. The Morgan fingerprint density at radius 2 is 2.00 bits per heavy atom. The molecule has 1 saturated heterocycles. The number of amidine groups is 1. The first-order valence-electron chi connectivity index (χ1n) is 9.82. The van der Waals surface area contributed by atoms with Crippen LogP contribution in [0.3, 0.4) is 0 Å². The second-order valence-corrected chi connectivity index (χ2v) is 9.13. The van der Waals surface area contributed by atoms with Gasteiger partial charge in [0.25, 0.3) is 5.91 Å². The van der Waals surface area contributed by atoms with E-state index in [1.807, 2.05) is 6.92 Å². The lowest BCUT2D eigenvalue weighted by atomic mass is 10.1. The average molecular weight is 431 g/mol. The van der Waals surface area contributed by atoms with E-state index in [4.69, 9.17) is 15.9 Å². The first kappa shape index (κ1) is 21.6. The van der Waals surface area contributed by atoms with Crippen molar-refractivity contribution in [3.05, 3.63) is 54.1 Å². The van der Waals surface area contributed by atoms with Crippen LogP contribution in [-0.2, 0) is 14.8 Å². The number of ether oxygens (including phenoxy) is 1. The number of carbonyl (C=O) groups excluding carboxylic acids is 1. The second kappa shape index (κ2) is 9.17. The van der Waals surface area contributed by atoms with Gasteiger partial charge in [0.2, 0.25) is 10.0 Å². The predicted octanol–water partition coefficient (Wildman–Crippen LogP) is 2.70. The van der Waals surface area contributed by atoms with Crippen molar-refractivity contribution in [1.82, 2.24) is 0 Å². The number of nitrogen functional groups attached to an aromatic ring is 1. The van der Waals surface area contributed by atoms with Crippen LogP contribution in [0.1, 0.15) is 31.7 Å². The summed E-state index contributed by atoms with van der Waals surface area (Å²) in [6, 6.07) is 13.5. The Labute approximate surface area is 176 Å². The molecule has 2 aromatic rings. The number of nitrogens with one attached hydrogen (secondary N) is 2. The third kappa shape index (κ3) is 5.10. The lowest BCUT2D eigenvalue weighted by molar-refractivity contribution is -0.123. The van der Waals surface area contributed by atoms with Crippen LogP contribution in [0.5, 0.6) is 5.75 Å². The van der Waals surface area contributed by atoms with Crippen LogP contribution in [-0.4, -0.2) is 38.6 Å². The number of rotatable bonds is 8. The van der Waals surface area contributed by atoms with Gasteiger partial charge >= 0.3 is 0 Å². The molecular formula is C21H26N4O4S. The average Bonchev–Trinajstić information content (AvgIpc) is 3.07. The van der Waals surface area contributed by atoms with Gasteiger partial charge < -0.3 is 15.8 Å². The molecule has 0 bridgehead atoms. The third-order valence-corrected chi connectivity index (χ3v) is 6.66. The topological polar surface area (TPSA) is 126 Å². The largest absolute Gasteiger partial charge is 0.481 e. The van der Waals surface area contributed by atoms with Crippen LogP contribution < -0.4 is 20.1 Å². The molecule has 1 atom stereocenters.